The summed E-state index contributed by atoms with van der Waals surface area (Å²) in [5, 5.41) is 11.9. The number of Topliss-reactive ketones (excluding diaryl/α,β-unsaturated/α-hetero) is 1. The number of pyridine rings is 1. The number of aliphatic hydroxyl groups is 1. The zero-order chi connectivity index (χ0) is 26.9. The molecule has 2 aromatic carbocycles. The lowest BCUT2D eigenvalue weighted by molar-refractivity contribution is -0.117. The Kier molecular flexibility index (Phi) is 6.70. The van der Waals surface area contributed by atoms with Gasteiger partial charge in [0.15, 0.2) is 5.76 Å². The molecule has 6 rings (SSSR count). The molecule has 0 saturated carbocycles. The highest BCUT2D eigenvalue weighted by Crippen LogP contribution is 2.43. The van der Waals surface area contributed by atoms with Crippen LogP contribution in [0, 0.1) is 6.92 Å². The van der Waals surface area contributed by atoms with Gasteiger partial charge in [0.05, 0.1) is 22.2 Å². The maximum absolute atomic E-state index is 14.0. The van der Waals surface area contributed by atoms with Gasteiger partial charge in [-0.05, 0) is 68.1 Å². The maximum Gasteiger partial charge on any atom is 0.294 e. The van der Waals surface area contributed by atoms with Crippen molar-refractivity contribution in [2.45, 2.75) is 32.2 Å². The predicted molar refractivity (Wildman–Crippen MR) is 153 cm³/mol. The summed E-state index contributed by atoms with van der Waals surface area (Å²) in [6, 6.07) is 20.2. The van der Waals surface area contributed by atoms with Gasteiger partial charge in [0.1, 0.15) is 5.01 Å². The van der Waals surface area contributed by atoms with Crippen molar-refractivity contribution in [1.29, 1.82) is 0 Å². The van der Waals surface area contributed by atoms with E-state index in [1.807, 2.05) is 54.6 Å². The fourth-order valence-corrected chi connectivity index (χ4v) is 6.40. The van der Waals surface area contributed by atoms with Crippen LogP contribution in [0.15, 0.2) is 90.5 Å². The predicted octanol–water partition coefficient (Wildman–Crippen LogP) is 6.29. The number of carbonyl (C=O) groups excluding carboxylic acids is 2. The van der Waals surface area contributed by atoms with Crippen molar-refractivity contribution in [3.63, 3.8) is 0 Å². The Morgan fingerprint density at radius 1 is 0.923 bits per heavy atom. The molecule has 0 aliphatic carbocycles. The summed E-state index contributed by atoms with van der Waals surface area (Å²) in [5.74, 6) is -1.53. The minimum atomic E-state index is -0.796. The van der Waals surface area contributed by atoms with Crippen molar-refractivity contribution in [3.8, 4) is 10.6 Å². The van der Waals surface area contributed by atoms with Crippen molar-refractivity contribution in [2.75, 3.05) is 22.9 Å². The van der Waals surface area contributed by atoms with E-state index in [4.69, 9.17) is 0 Å². The van der Waals surface area contributed by atoms with Crippen molar-refractivity contribution >= 4 is 34.4 Å². The van der Waals surface area contributed by atoms with Gasteiger partial charge in [-0.1, -0.05) is 30.3 Å². The Labute approximate surface area is 231 Å². The quantitative estimate of drug-likeness (QED) is 0.292. The molecule has 4 heterocycles. The molecule has 0 bridgehead atoms. The summed E-state index contributed by atoms with van der Waals surface area (Å²) >= 11 is 1.27. The molecule has 1 unspecified atom stereocenters. The molecule has 1 saturated heterocycles. The number of thiazole rings is 1. The molecule has 2 aliphatic heterocycles. The van der Waals surface area contributed by atoms with E-state index in [1.54, 1.807) is 31.5 Å². The number of hydrogen-bond acceptors (Lipinski definition) is 7. The smallest absolute Gasteiger partial charge is 0.294 e. The van der Waals surface area contributed by atoms with Crippen LogP contribution in [0.4, 0.5) is 11.4 Å². The lowest BCUT2D eigenvalue weighted by Crippen LogP contribution is -2.31. The van der Waals surface area contributed by atoms with E-state index < -0.39 is 23.5 Å². The zero-order valence-electron chi connectivity index (χ0n) is 21.6. The largest absolute Gasteiger partial charge is 0.503 e. The monoisotopic (exact) mass is 536 g/mol. The van der Waals surface area contributed by atoms with Gasteiger partial charge in [-0.25, -0.2) is 4.98 Å². The summed E-state index contributed by atoms with van der Waals surface area (Å²) in [6.45, 7) is 3.81. The third-order valence-corrected chi connectivity index (χ3v) is 8.55. The number of aryl methyl sites for hydroxylation is 1. The molecule has 1 N–H and O–H groups in total. The number of nitrogens with zero attached hydrogens (tertiary/aromatic N) is 4. The Balaban J connectivity index is 1.39. The third-order valence-electron chi connectivity index (χ3n) is 7.35. The molecule has 0 radical (unpaired) electrons. The third kappa shape index (κ3) is 4.61. The number of hydrogen-bond donors (Lipinski definition) is 1. The highest BCUT2D eigenvalue weighted by atomic mass is 32.1. The summed E-state index contributed by atoms with van der Waals surface area (Å²) in [7, 11) is 0. The lowest BCUT2D eigenvalue weighted by atomic mass is 9.95. The summed E-state index contributed by atoms with van der Waals surface area (Å²) < 4.78 is 0. The standard InChI is InChI=1S/C31H28N4O3S/c1-20-29(39-30(33-20)22-8-4-2-5-9-22)27(36)25-26(21-14-16-32-17-15-21)35(31(38)28(25)37)24-12-10-23(11-13-24)34-18-6-3-7-19-34/h2,4-5,8-17,26,37H,3,6-7,18-19H2,1H3. The SMILES string of the molecule is Cc1nc(-c2ccccc2)sc1C(=O)C1=C(O)C(=O)N(c2ccc(N3CCCCC3)cc2)C1c1ccncc1. The summed E-state index contributed by atoms with van der Waals surface area (Å²) in [4.78, 5) is 40.6. The molecule has 39 heavy (non-hydrogen) atoms. The van der Waals surface area contributed by atoms with Gasteiger partial charge >= 0.3 is 0 Å². The first-order chi connectivity index (χ1) is 19.0. The topological polar surface area (TPSA) is 86.6 Å². The van der Waals surface area contributed by atoms with E-state index in [0.29, 0.717) is 26.8 Å². The Bertz CT molecular complexity index is 1540. The second kappa shape index (κ2) is 10.5. The first-order valence-electron chi connectivity index (χ1n) is 13.1. The molecule has 7 nitrogen and oxygen atoms in total. The second-order valence-corrected chi connectivity index (χ2v) is 10.8. The number of ketones is 1. The van der Waals surface area contributed by atoms with Gasteiger partial charge in [0.25, 0.3) is 5.91 Å². The lowest BCUT2D eigenvalue weighted by Gasteiger charge is -2.30. The normalized spacial score (nSPS) is 17.7. The van der Waals surface area contributed by atoms with Gasteiger partial charge < -0.3 is 10.0 Å². The van der Waals surface area contributed by atoms with Gasteiger partial charge in [-0.3, -0.25) is 19.5 Å². The van der Waals surface area contributed by atoms with Crippen molar-refractivity contribution in [2.24, 2.45) is 0 Å². The molecule has 0 spiro atoms. The fraction of sp³-hybridized carbons (Fsp3) is 0.226. The fourth-order valence-electron chi connectivity index (χ4n) is 5.37. The number of anilines is 2. The van der Waals surface area contributed by atoms with E-state index in [0.717, 1.165) is 24.3 Å². The van der Waals surface area contributed by atoms with Crippen LogP contribution in [0.3, 0.4) is 0 Å². The van der Waals surface area contributed by atoms with Crippen molar-refractivity contribution in [1.82, 2.24) is 9.97 Å². The van der Waals surface area contributed by atoms with Gasteiger partial charge in [-0.15, -0.1) is 11.3 Å². The van der Waals surface area contributed by atoms with Crippen LogP contribution in [-0.4, -0.2) is 39.9 Å². The molecule has 196 valence electrons. The van der Waals surface area contributed by atoms with E-state index in [-0.39, 0.29) is 5.57 Å². The minimum Gasteiger partial charge on any atom is -0.503 e. The Morgan fingerprint density at radius 3 is 2.28 bits per heavy atom. The number of aromatic nitrogens is 2. The van der Waals surface area contributed by atoms with Gasteiger partial charge in [0.2, 0.25) is 5.78 Å². The van der Waals surface area contributed by atoms with E-state index in [2.05, 4.69) is 14.9 Å². The number of piperidine rings is 1. The minimum absolute atomic E-state index is 0.0534. The molecule has 1 atom stereocenters. The van der Waals surface area contributed by atoms with Crippen LogP contribution < -0.4 is 9.80 Å². The molecule has 8 heteroatoms. The van der Waals surface area contributed by atoms with Crippen LogP contribution >= 0.6 is 11.3 Å². The Hall–Kier alpha value is -4.30. The highest BCUT2D eigenvalue weighted by Gasteiger charge is 2.45. The van der Waals surface area contributed by atoms with E-state index in [9.17, 15) is 14.7 Å². The number of carbonyl (C=O) groups is 2. The van der Waals surface area contributed by atoms with Crippen LogP contribution in [0.5, 0.6) is 0 Å². The first kappa shape index (κ1) is 25.0. The molecule has 1 amide bonds. The average Bonchev–Trinajstić information content (AvgIpc) is 3.51. The van der Waals surface area contributed by atoms with Crippen LogP contribution in [0.1, 0.15) is 46.2 Å². The zero-order valence-corrected chi connectivity index (χ0v) is 22.4. The first-order valence-corrected chi connectivity index (χ1v) is 13.9. The maximum atomic E-state index is 14.0. The van der Waals surface area contributed by atoms with Crippen molar-refractivity contribution in [3.05, 3.63) is 107 Å². The molecule has 2 aromatic heterocycles. The van der Waals surface area contributed by atoms with Gasteiger partial charge in [0, 0.05) is 42.4 Å². The van der Waals surface area contributed by atoms with Crippen LogP contribution in [0.2, 0.25) is 0 Å². The second-order valence-electron chi connectivity index (χ2n) is 9.81. The molecule has 2 aliphatic rings. The van der Waals surface area contributed by atoms with E-state index in [1.165, 1.54) is 35.5 Å². The van der Waals surface area contributed by atoms with Crippen molar-refractivity contribution < 1.29 is 14.7 Å². The summed E-state index contributed by atoms with van der Waals surface area (Å²) in [5.41, 5.74) is 3.94. The number of rotatable bonds is 6. The Morgan fingerprint density at radius 2 is 1.59 bits per heavy atom. The van der Waals surface area contributed by atoms with Gasteiger partial charge in [-0.2, -0.15) is 0 Å². The summed E-state index contributed by atoms with van der Waals surface area (Å²) in [6.07, 6.45) is 6.84. The molecular weight excluding hydrogens is 508 g/mol. The molecular formula is C31H28N4O3S. The molecule has 1 fully saturated rings. The number of benzene rings is 2. The van der Waals surface area contributed by atoms with Crippen LogP contribution in [0.25, 0.3) is 10.6 Å². The number of amides is 1. The van der Waals surface area contributed by atoms with Crippen LogP contribution in [-0.2, 0) is 4.79 Å². The average molecular weight is 537 g/mol. The van der Waals surface area contributed by atoms with E-state index >= 15 is 0 Å². The molecule has 4 aromatic rings. The highest BCUT2D eigenvalue weighted by molar-refractivity contribution is 7.17. The number of aliphatic hydroxyl groups excluding tert-OH is 1.